The highest BCUT2D eigenvalue weighted by molar-refractivity contribution is 14.1. The van der Waals surface area contributed by atoms with Crippen LogP contribution in [0, 0.1) is 14.9 Å². The number of halogens is 1. The van der Waals surface area contributed by atoms with Crippen LogP contribution in [-0.4, -0.2) is 55.0 Å². The van der Waals surface area contributed by atoms with Gasteiger partial charge in [0.05, 0.1) is 0 Å². The van der Waals surface area contributed by atoms with Gasteiger partial charge in [0.15, 0.2) is 0 Å². The van der Waals surface area contributed by atoms with E-state index in [4.69, 9.17) is 5.73 Å². The van der Waals surface area contributed by atoms with E-state index in [1.165, 1.54) is 6.20 Å². The number of carbonyl (C=O) groups is 1. The van der Waals surface area contributed by atoms with Crippen LogP contribution in [0.3, 0.4) is 0 Å². The van der Waals surface area contributed by atoms with Crippen LogP contribution < -0.4 is 11.1 Å². The second kappa shape index (κ2) is 8.86. The molecule has 1 saturated heterocycles. The molecule has 1 fully saturated rings. The summed E-state index contributed by atoms with van der Waals surface area (Å²) < 4.78 is 1.13. The molecular weight excluding hydrogens is 405 g/mol. The molecule has 0 bridgehead atoms. The Labute approximate surface area is 150 Å². The Bertz CT molecular complexity index is 600. The van der Waals surface area contributed by atoms with Crippen molar-refractivity contribution in [3.8, 4) is 6.07 Å². The Morgan fingerprint density at radius 3 is 2.52 bits per heavy atom. The third kappa shape index (κ3) is 5.20. The molecular formula is C16H20IN5O. The van der Waals surface area contributed by atoms with E-state index >= 15 is 0 Å². The molecule has 2 rings (SSSR count). The third-order valence-electron chi connectivity index (χ3n) is 3.68. The van der Waals surface area contributed by atoms with Crippen molar-refractivity contribution in [2.24, 2.45) is 5.73 Å². The van der Waals surface area contributed by atoms with Gasteiger partial charge in [-0.05, 0) is 46.9 Å². The molecule has 0 unspecified atom stereocenters. The zero-order valence-electron chi connectivity index (χ0n) is 12.8. The number of hydrogen-bond donors (Lipinski definition) is 2. The molecule has 0 atom stereocenters. The number of anilines is 1. The largest absolute Gasteiger partial charge is 0.360 e. The van der Waals surface area contributed by atoms with Gasteiger partial charge in [0.1, 0.15) is 11.6 Å². The van der Waals surface area contributed by atoms with Crippen LogP contribution in [0.1, 0.15) is 0 Å². The fraction of sp³-hybridized carbons (Fsp3) is 0.375. The van der Waals surface area contributed by atoms with Crippen LogP contribution in [0.5, 0.6) is 0 Å². The lowest BCUT2D eigenvalue weighted by molar-refractivity contribution is -0.128. The molecule has 23 heavy (non-hydrogen) atoms. The summed E-state index contributed by atoms with van der Waals surface area (Å²) in [7, 11) is 0. The van der Waals surface area contributed by atoms with Crippen LogP contribution in [0.15, 0.2) is 36.0 Å². The Morgan fingerprint density at radius 1 is 1.30 bits per heavy atom. The van der Waals surface area contributed by atoms with Crippen molar-refractivity contribution in [3.63, 3.8) is 0 Å². The molecule has 1 aromatic rings. The summed E-state index contributed by atoms with van der Waals surface area (Å²) in [6, 6.07) is 9.72. The molecule has 6 nitrogen and oxygen atoms in total. The number of carbonyl (C=O) groups excluding carboxylic acids is 1. The molecule has 1 aromatic carbocycles. The Morgan fingerprint density at radius 2 is 1.96 bits per heavy atom. The van der Waals surface area contributed by atoms with Crippen LogP contribution in [0.4, 0.5) is 5.69 Å². The molecule has 1 amide bonds. The minimum atomic E-state index is -0.224. The summed E-state index contributed by atoms with van der Waals surface area (Å²) in [4.78, 5) is 16.4. The van der Waals surface area contributed by atoms with Gasteiger partial charge in [-0.1, -0.05) is 0 Å². The first-order valence-corrected chi connectivity index (χ1v) is 8.56. The zero-order valence-corrected chi connectivity index (χ0v) is 15.0. The Balaban J connectivity index is 1.95. The summed E-state index contributed by atoms with van der Waals surface area (Å²) in [5, 5.41) is 12.3. The van der Waals surface area contributed by atoms with E-state index in [1.807, 2.05) is 30.3 Å². The first-order valence-electron chi connectivity index (χ1n) is 7.48. The summed E-state index contributed by atoms with van der Waals surface area (Å²) in [6.45, 7) is 4.32. The van der Waals surface area contributed by atoms with E-state index in [0.717, 1.165) is 28.9 Å². The molecule has 0 aliphatic carbocycles. The molecule has 1 aliphatic rings. The van der Waals surface area contributed by atoms with Crippen molar-refractivity contribution in [2.45, 2.75) is 0 Å². The third-order valence-corrected chi connectivity index (χ3v) is 4.40. The maximum atomic E-state index is 12.4. The number of nitrogens with two attached hydrogens (primary N) is 1. The monoisotopic (exact) mass is 425 g/mol. The molecule has 0 saturated carbocycles. The lowest BCUT2D eigenvalue weighted by Gasteiger charge is -2.34. The van der Waals surface area contributed by atoms with Gasteiger partial charge in [-0.2, -0.15) is 5.26 Å². The fourth-order valence-corrected chi connectivity index (χ4v) is 2.73. The lowest BCUT2D eigenvalue weighted by atomic mass is 10.2. The van der Waals surface area contributed by atoms with Gasteiger partial charge in [-0.25, -0.2) is 0 Å². The number of nitrogens with zero attached hydrogens (tertiary/aromatic N) is 3. The molecule has 1 heterocycles. The van der Waals surface area contributed by atoms with Gasteiger partial charge >= 0.3 is 0 Å². The second-order valence-electron chi connectivity index (χ2n) is 5.24. The normalized spacial score (nSPS) is 16.0. The summed E-state index contributed by atoms with van der Waals surface area (Å²) >= 11 is 2.22. The van der Waals surface area contributed by atoms with Crippen molar-refractivity contribution >= 4 is 34.2 Å². The van der Waals surface area contributed by atoms with Gasteiger partial charge < -0.3 is 16.0 Å². The van der Waals surface area contributed by atoms with E-state index in [2.05, 4.69) is 32.8 Å². The standard InChI is InChI=1S/C16H20IN5O/c17-14-1-3-15(4-2-14)20-12-13(11-19)16(23)22-9-7-21(6-5-18)8-10-22/h1-4,12,20H,5-10,18H2/b13-12-. The molecule has 0 radical (unpaired) electrons. The number of piperazine rings is 1. The van der Waals surface area contributed by atoms with Gasteiger partial charge in [0.2, 0.25) is 0 Å². The van der Waals surface area contributed by atoms with Crippen molar-refractivity contribution in [2.75, 3.05) is 44.6 Å². The summed E-state index contributed by atoms with van der Waals surface area (Å²) in [5.74, 6) is -0.224. The lowest BCUT2D eigenvalue weighted by Crippen LogP contribution is -2.50. The molecule has 7 heteroatoms. The summed E-state index contributed by atoms with van der Waals surface area (Å²) in [5.41, 5.74) is 6.51. The van der Waals surface area contributed by atoms with Crippen molar-refractivity contribution in [1.29, 1.82) is 5.26 Å². The number of benzene rings is 1. The first-order chi connectivity index (χ1) is 11.1. The Kier molecular flexibility index (Phi) is 6.83. The minimum Gasteiger partial charge on any atom is -0.360 e. The van der Waals surface area contributed by atoms with E-state index in [-0.39, 0.29) is 11.5 Å². The molecule has 1 aliphatic heterocycles. The molecule has 3 N–H and O–H groups in total. The minimum absolute atomic E-state index is 0.121. The van der Waals surface area contributed by atoms with Crippen molar-refractivity contribution in [3.05, 3.63) is 39.6 Å². The zero-order chi connectivity index (χ0) is 16.7. The quantitative estimate of drug-likeness (QED) is 0.421. The SMILES string of the molecule is N#C/C(=C/Nc1ccc(I)cc1)C(=O)N1CCN(CCN)CC1. The maximum Gasteiger partial charge on any atom is 0.266 e. The van der Waals surface area contributed by atoms with Crippen molar-refractivity contribution < 1.29 is 4.79 Å². The van der Waals surface area contributed by atoms with Gasteiger partial charge in [0, 0.05) is 54.7 Å². The number of amides is 1. The number of nitrogens with one attached hydrogen (secondary N) is 1. The van der Waals surface area contributed by atoms with Crippen LogP contribution in [-0.2, 0) is 4.79 Å². The highest BCUT2D eigenvalue weighted by Gasteiger charge is 2.23. The fourth-order valence-electron chi connectivity index (χ4n) is 2.37. The predicted molar refractivity (Wildman–Crippen MR) is 98.6 cm³/mol. The molecule has 0 aromatic heterocycles. The highest BCUT2D eigenvalue weighted by atomic mass is 127. The maximum absolute atomic E-state index is 12.4. The van der Waals surface area contributed by atoms with Gasteiger partial charge in [-0.15, -0.1) is 0 Å². The average molecular weight is 425 g/mol. The van der Waals surface area contributed by atoms with E-state index in [9.17, 15) is 10.1 Å². The summed E-state index contributed by atoms with van der Waals surface area (Å²) in [6.07, 6.45) is 1.48. The second-order valence-corrected chi connectivity index (χ2v) is 6.49. The predicted octanol–water partition coefficient (Wildman–Crippen LogP) is 1.21. The number of rotatable bonds is 5. The number of nitriles is 1. The van der Waals surface area contributed by atoms with E-state index < -0.39 is 0 Å². The topological polar surface area (TPSA) is 85.4 Å². The van der Waals surface area contributed by atoms with E-state index in [0.29, 0.717) is 19.6 Å². The molecule has 0 spiro atoms. The number of hydrogen-bond acceptors (Lipinski definition) is 5. The van der Waals surface area contributed by atoms with Crippen LogP contribution in [0.25, 0.3) is 0 Å². The average Bonchev–Trinajstić information content (AvgIpc) is 2.58. The van der Waals surface area contributed by atoms with Crippen LogP contribution in [0.2, 0.25) is 0 Å². The Hall–Kier alpha value is -1.63. The van der Waals surface area contributed by atoms with Gasteiger partial charge in [-0.3, -0.25) is 9.69 Å². The smallest absolute Gasteiger partial charge is 0.266 e. The first kappa shape index (κ1) is 17.7. The van der Waals surface area contributed by atoms with Gasteiger partial charge in [0.25, 0.3) is 5.91 Å². The van der Waals surface area contributed by atoms with E-state index in [1.54, 1.807) is 4.90 Å². The van der Waals surface area contributed by atoms with Crippen molar-refractivity contribution in [1.82, 2.24) is 9.80 Å². The molecule has 122 valence electrons. The highest BCUT2D eigenvalue weighted by Crippen LogP contribution is 2.12. The van der Waals surface area contributed by atoms with Crippen LogP contribution >= 0.6 is 22.6 Å².